The van der Waals surface area contributed by atoms with Gasteiger partial charge in [-0.05, 0) is 38.1 Å². The number of rotatable bonds is 5. The Bertz CT molecular complexity index is 610. The first-order chi connectivity index (χ1) is 11.5. The molecule has 0 saturated carbocycles. The monoisotopic (exact) mass is 334 g/mol. The lowest BCUT2D eigenvalue weighted by Crippen LogP contribution is -2.48. The fourth-order valence-electron chi connectivity index (χ4n) is 2.61. The Morgan fingerprint density at radius 3 is 2.29 bits per heavy atom. The molecule has 1 aliphatic heterocycles. The quantitative estimate of drug-likeness (QED) is 0.871. The number of amides is 2. The fourth-order valence-corrected chi connectivity index (χ4v) is 2.61. The van der Waals surface area contributed by atoms with E-state index in [9.17, 15) is 14.4 Å². The van der Waals surface area contributed by atoms with Crippen molar-refractivity contribution < 1.29 is 24.2 Å². The van der Waals surface area contributed by atoms with Crippen molar-refractivity contribution in [2.45, 2.75) is 20.0 Å². The van der Waals surface area contributed by atoms with Crippen molar-refractivity contribution in [1.82, 2.24) is 9.80 Å². The molecule has 130 valence electrons. The third kappa shape index (κ3) is 3.91. The number of carboxylic acid groups (broad SMARTS) is 1. The summed E-state index contributed by atoms with van der Waals surface area (Å²) in [7, 11) is 0. The lowest BCUT2D eigenvalue weighted by atomic mass is 10.1. The van der Waals surface area contributed by atoms with Crippen molar-refractivity contribution in [2.24, 2.45) is 0 Å². The number of aliphatic carboxylic acids is 1. The molecule has 2 rings (SSSR count). The van der Waals surface area contributed by atoms with Gasteiger partial charge in [0.2, 0.25) is 0 Å². The summed E-state index contributed by atoms with van der Waals surface area (Å²) in [6.45, 7) is 5.65. The fraction of sp³-hybridized carbons (Fsp3) is 0.471. The molecule has 1 aliphatic rings. The van der Waals surface area contributed by atoms with Crippen LogP contribution in [0.25, 0.3) is 0 Å². The molecule has 1 saturated heterocycles. The first-order valence-corrected chi connectivity index (χ1v) is 8.00. The van der Waals surface area contributed by atoms with Gasteiger partial charge in [-0.3, -0.25) is 9.59 Å². The zero-order chi connectivity index (χ0) is 17.7. The number of carboxylic acids is 1. The molecular weight excluding hydrogens is 312 g/mol. The molecule has 2 amide bonds. The van der Waals surface area contributed by atoms with Gasteiger partial charge in [0.1, 0.15) is 0 Å². The average molecular weight is 334 g/mol. The van der Waals surface area contributed by atoms with Gasteiger partial charge >= 0.3 is 5.97 Å². The maximum Gasteiger partial charge on any atom is 0.334 e. The van der Waals surface area contributed by atoms with Crippen LogP contribution in [0.2, 0.25) is 0 Å². The van der Waals surface area contributed by atoms with E-state index in [1.54, 1.807) is 29.2 Å². The minimum atomic E-state index is -1.08. The zero-order valence-corrected chi connectivity index (χ0v) is 13.9. The Morgan fingerprint density at radius 2 is 1.75 bits per heavy atom. The van der Waals surface area contributed by atoms with Crippen molar-refractivity contribution in [2.75, 3.05) is 32.8 Å². The highest BCUT2D eigenvalue weighted by Gasteiger charge is 2.29. The third-order valence-electron chi connectivity index (χ3n) is 4.06. The summed E-state index contributed by atoms with van der Waals surface area (Å²) in [5, 5.41) is 9.00. The van der Waals surface area contributed by atoms with Gasteiger partial charge in [0.25, 0.3) is 11.8 Å². The van der Waals surface area contributed by atoms with Crippen molar-refractivity contribution in [3.05, 3.63) is 35.4 Å². The smallest absolute Gasteiger partial charge is 0.334 e. The number of hydrogen-bond acceptors (Lipinski definition) is 4. The van der Waals surface area contributed by atoms with Gasteiger partial charge in [-0.25, -0.2) is 4.79 Å². The van der Waals surface area contributed by atoms with Gasteiger partial charge in [-0.15, -0.1) is 0 Å². The summed E-state index contributed by atoms with van der Waals surface area (Å²) < 4.78 is 5.11. The maximum atomic E-state index is 12.5. The molecule has 1 heterocycles. The standard InChI is InChI=1S/C17H22N2O5/c1-3-18(4-2)15(20)12-5-7-13(8-6-12)16(21)19-9-10-24-14(11-19)17(22)23/h5-8,14H,3-4,9-11H2,1-2H3,(H,22,23). The summed E-state index contributed by atoms with van der Waals surface area (Å²) in [6, 6.07) is 6.46. The highest BCUT2D eigenvalue weighted by Crippen LogP contribution is 2.13. The molecule has 1 aromatic rings. The molecule has 7 nitrogen and oxygen atoms in total. The highest BCUT2D eigenvalue weighted by atomic mass is 16.5. The van der Waals surface area contributed by atoms with E-state index in [1.165, 1.54) is 4.90 Å². The third-order valence-corrected chi connectivity index (χ3v) is 4.06. The SMILES string of the molecule is CCN(CC)C(=O)c1ccc(C(=O)N2CCOC(C(=O)O)C2)cc1. The molecule has 1 aromatic carbocycles. The van der Waals surface area contributed by atoms with Crippen LogP contribution in [0.1, 0.15) is 34.6 Å². The van der Waals surface area contributed by atoms with E-state index in [0.29, 0.717) is 30.8 Å². The Labute approximate surface area is 140 Å². The summed E-state index contributed by atoms with van der Waals surface area (Å²) in [5.74, 6) is -1.41. The van der Waals surface area contributed by atoms with Gasteiger partial charge < -0.3 is 19.6 Å². The second-order valence-electron chi connectivity index (χ2n) is 5.50. The van der Waals surface area contributed by atoms with Crippen molar-refractivity contribution in [3.8, 4) is 0 Å². The molecule has 1 fully saturated rings. The summed E-state index contributed by atoms with van der Waals surface area (Å²) in [5.41, 5.74) is 0.956. The van der Waals surface area contributed by atoms with E-state index < -0.39 is 12.1 Å². The lowest BCUT2D eigenvalue weighted by Gasteiger charge is -2.31. The molecule has 0 aromatic heterocycles. The molecule has 7 heteroatoms. The normalized spacial score (nSPS) is 17.4. The van der Waals surface area contributed by atoms with Crippen molar-refractivity contribution >= 4 is 17.8 Å². The number of benzene rings is 1. The molecule has 1 N–H and O–H groups in total. The second-order valence-corrected chi connectivity index (χ2v) is 5.50. The molecule has 24 heavy (non-hydrogen) atoms. The molecule has 1 unspecified atom stereocenters. The van der Waals surface area contributed by atoms with Crippen LogP contribution in [0.5, 0.6) is 0 Å². The summed E-state index contributed by atoms with van der Waals surface area (Å²) in [6.07, 6.45) is -0.994. The van der Waals surface area contributed by atoms with Crippen LogP contribution in [0.4, 0.5) is 0 Å². The van der Waals surface area contributed by atoms with Crippen LogP contribution in [-0.2, 0) is 9.53 Å². The molecule has 0 spiro atoms. The number of carbonyl (C=O) groups is 3. The average Bonchev–Trinajstić information content (AvgIpc) is 2.62. The van der Waals surface area contributed by atoms with Gasteiger partial charge in [-0.1, -0.05) is 0 Å². The summed E-state index contributed by atoms with van der Waals surface area (Å²) >= 11 is 0. The molecular formula is C17H22N2O5. The Hall–Kier alpha value is -2.41. The highest BCUT2D eigenvalue weighted by molar-refractivity contribution is 5.98. The van der Waals surface area contributed by atoms with Crippen LogP contribution in [0.15, 0.2) is 24.3 Å². The number of nitrogens with zero attached hydrogens (tertiary/aromatic N) is 2. The van der Waals surface area contributed by atoms with Gasteiger partial charge in [0.05, 0.1) is 13.2 Å². The number of ether oxygens (including phenoxy) is 1. The van der Waals surface area contributed by atoms with Gasteiger partial charge in [0.15, 0.2) is 6.10 Å². The second kappa shape index (κ2) is 7.92. The maximum absolute atomic E-state index is 12.5. The van der Waals surface area contributed by atoms with Crippen LogP contribution in [0, 0.1) is 0 Å². The minimum Gasteiger partial charge on any atom is -0.479 e. The van der Waals surface area contributed by atoms with E-state index in [0.717, 1.165) is 0 Å². The van der Waals surface area contributed by atoms with E-state index in [2.05, 4.69) is 0 Å². The zero-order valence-electron chi connectivity index (χ0n) is 13.9. The number of morpholine rings is 1. The molecule has 1 atom stereocenters. The van der Waals surface area contributed by atoms with Crippen LogP contribution < -0.4 is 0 Å². The van der Waals surface area contributed by atoms with E-state index >= 15 is 0 Å². The first-order valence-electron chi connectivity index (χ1n) is 8.00. The number of carbonyl (C=O) groups excluding carboxylic acids is 2. The van der Waals surface area contributed by atoms with Gasteiger partial charge in [0, 0.05) is 30.8 Å². The Balaban J connectivity index is 2.08. The topological polar surface area (TPSA) is 87.2 Å². The first kappa shape index (κ1) is 17.9. The molecule has 0 bridgehead atoms. The van der Waals surface area contributed by atoms with E-state index in [1.807, 2.05) is 13.8 Å². The minimum absolute atomic E-state index is 0.0221. The predicted molar refractivity (Wildman–Crippen MR) is 87.0 cm³/mol. The Kier molecular flexibility index (Phi) is 5.92. The summed E-state index contributed by atoms with van der Waals surface area (Å²) in [4.78, 5) is 38.9. The predicted octanol–water partition coefficient (Wildman–Crippen LogP) is 1.09. The number of hydrogen-bond donors (Lipinski definition) is 1. The molecule has 0 aliphatic carbocycles. The lowest BCUT2D eigenvalue weighted by molar-refractivity contribution is -0.154. The van der Waals surface area contributed by atoms with Crippen molar-refractivity contribution in [1.29, 1.82) is 0 Å². The van der Waals surface area contributed by atoms with Crippen molar-refractivity contribution in [3.63, 3.8) is 0 Å². The van der Waals surface area contributed by atoms with Crippen LogP contribution in [0.3, 0.4) is 0 Å². The molecule has 0 radical (unpaired) electrons. The van der Waals surface area contributed by atoms with E-state index in [4.69, 9.17) is 9.84 Å². The van der Waals surface area contributed by atoms with E-state index in [-0.39, 0.29) is 25.0 Å². The largest absolute Gasteiger partial charge is 0.479 e. The van der Waals surface area contributed by atoms with Crippen LogP contribution in [-0.4, -0.2) is 71.6 Å². The van der Waals surface area contributed by atoms with Gasteiger partial charge in [-0.2, -0.15) is 0 Å². The Morgan fingerprint density at radius 1 is 1.17 bits per heavy atom. The van der Waals surface area contributed by atoms with Crippen LogP contribution >= 0.6 is 0 Å².